The van der Waals surface area contributed by atoms with Crippen LogP contribution in [-0.2, 0) is 6.54 Å². The van der Waals surface area contributed by atoms with Gasteiger partial charge in [0.25, 0.3) is 5.56 Å². The molecule has 0 amide bonds. The summed E-state index contributed by atoms with van der Waals surface area (Å²) in [5.74, 6) is 0.773. The molecule has 1 atom stereocenters. The molecule has 0 radical (unpaired) electrons. The van der Waals surface area contributed by atoms with Gasteiger partial charge in [-0.15, -0.1) is 0 Å². The number of rotatable bonds is 5. The number of aromatic nitrogens is 4. The van der Waals surface area contributed by atoms with Gasteiger partial charge in [-0.05, 0) is 32.4 Å². The van der Waals surface area contributed by atoms with E-state index in [2.05, 4.69) is 10.1 Å². The molecule has 0 saturated carbocycles. The van der Waals surface area contributed by atoms with Gasteiger partial charge in [-0.1, -0.05) is 54.0 Å². The largest absolute Gasteiger partial charge is 0.337 e. The van der Waals surface area contributed by atoms with Gasteiger partial charge in [0, 0.05) is 11.6 Å². The predicted molar refractivity (Wildman–Crippen MR) is 111 cm³/mol. The van der Waals surface area contributed by atoms with Crippen LogP contribution in [0.1, 0.15) is 37.8 Å². The summed E-state index contributed by atoms with van der Waals surface area (Å²) < 4.78 is 8.23. The van der Waals surface area contributed by atoms with Gasteiger partial charge >= 0.3 is 5.69 Å². The Balaban J connectivity index is 1.82. The van der Waals surface area contributed by atoms with Crippen molar-refractivity contribution in [1.82, 2.24) is 19.3 Å². The lowest BCUT2D eigenvalue weighted by molar-refractivity contribution is 0.367. The smallest absolute Gasteiger partial charge is 0.332 e. The summed E-state index contributed by atoms with van der Waals surface area (Å²) in [4.78, 5) is 30.5. The molecule has 2 aromatic heterocycles. The van der Waals surface area contributed by atoms with E-state index in [-0.39, 0.29) is 23.8 Å². The van der Waals surface area contributed by atoms with Crippen molar-refractivity contribution in [1.29, 1.82) is 0 Å². The highest BCUT2D eigenvalue weighted by Gasteiger charge is 2.18. The van der Waals surface area contributed by atoms with Crippen LogP contribution in [0.3, 0.4) is 0 Å². The number of para-hydroxylation sites is 1. The van der Waals surface area contributed by atoms with Crippen molar-refractivity contribution in [2.45, 2.75) is 39.8 Å². The van der Waals surface area contributed by atoms with Crippen molar-refractivity contribution in [2.24, 2.45) is 0 Å². The minimum Gasteiger partial charge on any atom is -0.337 e. The fraction of sp³-hybridized carbons (Fsp3) is 0.273. The third-order valence-corrected chi connectivity index (χ3v) is 5.18. The van der Waals surface area contributed by atoms with Crippen molar-refractivity contribution in [3.63, 3.8) is 0 Å². The topological polar surface area (TPSA) is 82.9 Å². The predicted octanol–water partition coefficient (Wildman–Crippen LogP) is 3.54. The molecule has 4 aromatic rings. The summed E-state index contributed by atoms with van der Waals surface area (Å²) in [5.41, 5.74) is 1.88. The summed E-state index contributed by atoms with van der Waals surface area (Å²) in [6, 6.07) is 14.7. The average molecular weight is 390 g/mol. The zero-order chi connectivity index (χ0) is 20.5. The summed E-state index contributed by atoms with van der Waals surface area (Å²) in [7, 11) is 0. The maximum absolute atomic E-state index is 13.2. The number of fused-ring (bicyclic) bond motifs is 1. The van der Waals surface area contributed by atoms with E-state index >= 15 is 0 Å². The molecule has 0 bridgehead atoms. The highest BCUT2D eigenvalue weighted by Crippen LogP contribution is 2.17. The molecule has 29 heavy (non-hydrogen) atoms. The average Bonchev–Trinajstić information content (AvgIpc) is 3.20. The number of benzene rings is 2. The van der Waals surface area contributed by atoms with Crippen molar-refractivity contribution < 1.29 is 4.52 Å². The molecule has 148 valence electrons. The van der Waals surface area contributed by atoms with Crippen LogP contribution in [0.5, 0.6) is 0 Å². The van der Waals surface area contributed by atoms with Gasteiger partial charge in [0.15, 0.2) is 0 Å². The van der Waals surface area contributed by atoms with Gasteiger partial charge in [0.1, 0.15) is 6.54 Å². The molecule has 7 nitrogen and oxygen atoms in total. The maximum atomic E-state index is 13.2. The molecule has 0 aliphatic carbocycles. The molecule has 2 aromatic carbocycles. The number of aryl methyl sites for hydroxylation is 1. The molecule has 0 unspecified atom stereocenters. The molecule has 0 aliphatic heterocycles. The number of hydrogen-bond donors (Lipinski definition) is 0. The van der Waals surface area contributed by atoms with Crippen LogP contribution in [-0.4, -0.2) is 19.3 Å². The summed E-state index contributed by atoms with van der Waals surface area (Å²) in [6.07, 6.45) is 0.672. The van der Waals surface area contributed by atoms with Crippen molar-refractivity contribution in [3.05, 3.63) is 80.8 Å². The van der Waals surface area contributed by atoms with Crippen LogP contribution in [0.15, 0.2) is 62.6 Å². The summed E-state index contributed by atoms with van der Waals surface area (Å²) >= 11 is 0. The van der Waals surface area contributed by atoms with Crippen LogP contribution < -0.4 is 11.2 Å². The standard InChI is InChI=1S/C22H22N4O3/c1-4-15(3)26-21(27)17-7-5-6-8-18(17)25(22(26)28)13-19-23-20(24-29-19)16-11-9-14(2)10-12-16/h5-12,15H,4,13H2,1-3H3/t15-/m0/s1. The molecule has 0 N–H and O–H groups in total. The summed E-state index contributed by atoms with van der Waals surface area (Å²) in [6.45, 7) is 5.91. The molecule has 0 spiro atoms. The third-order valence-electron chi connectivity index (χ3n) is 5.18. The zero-order valence-corrected chi connectivity index (χ0v) is 16.6. The second-order valence-corrected chi connectivity index (χ2v) is 7.20. The van der Waals surface area contributed by atoms with Gasteiger partial charge in [0.2, 0.25) is 11.7 Å². The lowest BCUT2D eigenvalue weighted by Crippen LogP contribution is -2.41. The van der Waals surface area contributed by atoms with Crippen LogP contribution in [0.4, 0.5) is 0 Å². The van der Waals surface area contributed by atoms with Crippen molar-refractivity contribution in [2.75, 3.05) is 0 Å². The Kier molecular flexibility index (Phi) is 4.88. The fourth-order valence-electron chi connectivity index (χ4n) is 3.34. The molecule has 0 saturated heterocycles. The Bertz CT molecular complexity index is 1280. The first-order valence-electron chi connectivity index (χ1n) is 9.63. The molecule has 0 fully saturated rings. The minimum atomic E-state index is -0.377. The first kappa shape index (κ1) is 18.9. The Hall–Kier alpha value is -3.48. The van der Waals surface area contributed by atoms with Gasteiger partial charge in [-0.25, -0.2) is 4.79 Å². The number of nitrogens with zero attached hydrogens (tertiary/aromatic N) is 4. The maximum Gasteiger partial charge on any atom is 0.332 e. The monoisotopic (exact) mass is 390 g/mol. The van der Waals surface area contributed by atoms with E-state index in [4.69, 9.17) is 4.52 Å². The van der Waals surface area contributed by atoms with E-state index in [0.29, 0.717) is 29.0 Å². The molecular weight excluding hydrogens is 368 g/mol. The van der Waals surface area contributed by atoms with E-state index in [1.54, 1.807) is 24.3 Å². The van der Waals surface area contributed by atoms with Gasteiger partial charge < -0.3 is 4.52 Å². The lowest BCUT2D eigenvalue weighted by Gasteiger charge is -2.16. The highest BCUT2D eigenvalue weighted by atomic mass is 16.5. The van der Waals surface area contributed by atoms with Crippen molar-refractivity contribution >= 4 is 10.9 Å². The first-order chi connectivity index (χ1) is 14.0. The summed E-state index contributed by atoms with van der Waals surface area (Å²) in [5, 5.41) is 4.53. The SMILES string of the molecule is CC[C@H](C)n1c(=O)c2ccccc2n(Cc2nc(-c3ccc(C)cc3)no2)c1=O. The second kappa shape index (κ2) is 7.50. The quantitative estimate of drug-likeness (QED) is 0.520. The Morgan fingerprint density at radius 1 is 1.07 bits per heavy atom. The Morgan fingerprint density at radius 2 is 1.79 bits per heavy atom. The van der Waals surface area contributed by atoms with Crippen LogP contribution in [0, 0.1) is 6.92 Å². The lowest BCUT2D eigenvalue weighted by atomic mass is 10.1. The minimum absolute atomic E-state index is 0.0922. The van der Waals surface area contributed by atoms with Crippen LogP contribution >= 0.6 is 0 Å². The van der Waals surface area contributed by atoms with E-state index in [1.807, 2.05) is 45.0 Å². The van der Waals surface area contributed by atoms with E-state index < -0.39 is 0 Å². The molecule has 2 heterocycles. The second-order valence-electron chi connectivity index (χ2n) is 7.20. The van der Waals surface area contributed by atoms with Crippen LogP contribution in [0.25, 0.3) is 22.3 Å². The first-order valence-corrected chi connectivity index (χ1v) is 9.63. The Labute approximate surface area is 167 Å². The molecule has 4 rings (SSSR count). The van der Waals surface area contributed by atoms with E-state index in [0.717, 1.165) is 11.1 Å². The van der Waals surface area contributed by atoms with Gasteiger partial charge in [0.05, 0.1) is 10.9 Å². The molecule has 7 heteroatoms. The van der Waals surface area contributed by atoms with E-state index in [9.17, 15) is 9.59 Å². The van der Waals surface area contributed by atoms with Gasteiger partial charge in [-0.3, -0.25) is 13.9 Å². The normalized spacial score (nSPS) is 12.4. The molecule has 0 aliphatic rings. The third kappa shape index (κ3) is 3.40. The Morgan fingerprint density at radius 3 is 2.52 bits per heavy atom. The van der Waals surface area contributed by atoms with E-state index in [1.165, 1.54) is 9.13 Å². The van der Waals surface area contributed by atoms with Crippen LogP contribution in [0.2, 0.25) is 0 Å². The molecular formula is C22H22N4O3. The fourth-order valence-corrected chi connectivity index (χ4v) is 3.34. The van der Waals surface area contributed by atoms with Gasteiger partial charge in [-0.2, -0.15) is 4.98 Å². The zero-order valence-electron chi connectivity index (χ0n) is 16.6. The van der Waals surface area contributed by atoms with Crippen molar-refractivity contribution in [3.8, 4) is 11.4 Å². The highest BCUT2D eigenvalue weighted by molar-refractivity contribution is 5.77. The number of hydrogen-bond acceptors (Lipinski definition) is 5.